The van der Waals surface area contributed by atoms with Crippen LogP contribution in [-0.2, 0) is 17.8 Å². The van der Waals surface area contributed by atoms with Gasteiger partial charge in [0.15, 0.2) is 6.54 Å². The van der Waals surface area contributed by atoms with Crippen LogP contribution in [0.2, 0.25) is 0 Å². The summed E-state index contributed by atoms with van der Waals surface area (Å²) in [5.41, 5.74) is 2.15. The Bertz CT molecular complexity index is 866. The highest BCUT2D eigenvalue weighted by molar-refractivity contribution is 5.77. The maximum Gasteiger partial charge on any atom is 0.275 e. The van der Waals surface area contributed by atoms with Crippen LogP contribution in [0.25, 0.3) is 0 Å². The molecule has 3 N–H and O–H groups in total. The minimum absolute atomic E-state index is 0.0713. The molecule has 1 amide bonds. The Morgan fingerprint density at radius 2 is 2.17 bits per heavy atom. The number of pyridine rings is 1. The lowest BCUT2D eigenvalue weighted by molar-refractivity contribution is -0.892. The normalized spacial score (nSPS) is 18.6. The molecule has 1 atom stereocenters. The van der Waals surface area contributed by atoms with Crippen LogP contribution in [0.15, 0.2) is 36.5 Å². The third-order valence-corrected chi connectivity index (χ3v) is 5.77. The van der Waals surface area contributed by atoms with Crippen molar-refractivity contribution in [3.05, 3.63) is 47.7 Å². The lowest BCUT2D eigenvalue weighted by atomic mass is 10.1. The Kier molecular flexibility index (Phi) is 6.38. The zero-order valence-corrected chi connectivity index (χ0v) is 17.9. The molecule has 0 spiro atoms. The summed E-state index contributed by atoms with van der Waals surface area (Å²) in [6.45, 7) is 9.38. The first-order valence-electron chi connectivity index (χ1n) is 10.9. The molecular formula is C23H32N4O3+2. The van der Waals surface area contributed by atoms with Crippen LogP contribution in [-0.4, -0.2) is 51.3 Å². The summed E-state index contributed by atoms with van der Waals surface area (Å²) in [5, 5.41) is 3.08. The molecule has 0 aliphatic carbocycles. The first-order valence-corrected chi connectivity index (χ1v) is 10.9. The number of anilines is 1. The Hall–Kier alpha value is -2.80. The Morgan fingerprint density at radius 3 is 2.90 bits per heavy atom. The van der Waals surface area contributed by atoms with Gasteiger partial charge in [-0.2, -0.15) is 0 Å². The maximum absolute atomic E-state index is 12.6. The highest BCUT2D eigenvalue weighted by atomic mass is 16.5. The number of nitrogens with zero attached hydrogens (tertiary/aromatic N) is 1. The summed E-state index contributed by atoms with van der Waals surface area (Å²) in [6, 6.07) is 10.2. The van der Waals surface area contributed by atoms with Crippen LogP contribution in [0.4, 0.5) is 5.82 Å². The first kappa shape index (κ1) is 20.5. The van der Waals surface area contributed by atoms with Crippen LogP contribution >= 0.6 is 0 Å². The van der Waals surface area contributed by atoms with Gasteiger partial charge in [0.2, 0.25) is 0 Å². The van der Waals surface area contributed by atoms with Crippen LogP contribution in [0, 0.1) is 0 Å². The van der Waals surface area contributed by atoms with E-state index >= 15 is 0 Å². The largest absolute Gasteiger partial charge is 0.494 e. The third kappa shape index (κ3) is 4.84. The summed E-state index contributed by atoms with van der Waals surface area (Å²) in [7, 11) is 0. The molecule has 0 bridgehead atoms. The van der Waals surface area contributed by atoms with Gasteiger partial charge in [0.1, 0.15) is 43.8 Å². The van der Waals surface area contributed by atoms with Gasteiger partial charge < -0.3 is 19.7 Å². The maximum atomic E-state index is 12.6. The van der Waals surface area contributed by atoms with E-state index in [9.17, 15) is 4.79 Å². The zero-order chi connectivity index (χ0) is 20.9. The Balaban J connectivity index is 1.29. The minimum Gasteiger partial charge on any atom is -0.494 e. The fraction of sp³-hybridized carbons (Fsp3) is 0.478. The van der Waals surface area contributed by atoms with E-state index in [0.29, 0.717) is 19.7 Å². The molecule has 7 heteroatoms. The molecule has 160 valence electrons. The van der Waals surface area contributed by atoms with E-state index in [2.05, 4.69) is 34.3 Å². The Labute approximate surface area is 178 Å². The monoisotopic (exact) mass is 412 g/mol. The molecule has 7 nitrogen and oxygen atoms in total. The average molecular weight is 413 g/mol. The van der Waals surface area contributed by atoms with Crippen molar-refractivity contribution < 1.29 is 24.2 Å². The smallest absolute Gasteiger partial charge is 0.275 e. The second kappa shape index (κ2) is 9.34. The summed E-state index contributed by atoms with van der Waals surface area (Å²) < 4.78 is 11.7. The molecule has 2 aliphatic rings. The molecule has 1 saturated heterocycles. The summed E-state index contributed by atoms with van der Waals surface area (Å²) in [6.07, 6.45) is 3.04. The topological polar surface area (TPSA) is 69.4 Å². The quantitative estimate of drug-likeness (QED) is 0.684. The second-order valence-corrected chi connectivity index (χ2v) is 8.07. The van der Waals surface area contributed by atoms with Gasteiger partial charge in [-0.3, -0.25) is 9.69 Å². The highest BCUT2D eigenvalue weighted by Gasteiger charge is 2.27. The number of carbonyl (C=O) groups is 1. The number of hydrogen-bond acceptors (Lipinski definition) is 4. The van der Waals surface area contributed by atoms with Crippen molar-refractivity contribution in [2.24, 2.45) is 0 Å². The molecule has 0 saturated carbocycles. The van der Waals surface area contributed by atoms with E-state index in [1.165, 1.54) is 10.5 Å². The fourth-order valence-electron chi connectivity index (χ4n) is 4.21. The van der Waals surface area contributed by atoms with Crippen LogP contribution in [0.5, 0.6) is 11.5 Å². The van der Waals surface area contributed by atoms with Gasteiger partial charge in [0.05, 0.1) is 12.8 Å². The number of hydrogen-bond donors (Lipinski definition) is 2. The highest BCUT2D eigenvalue weighted by Crippen LogP contribution is 2.35. The molecule has 0 unspecified atom stereocenters. The predicted molar refractivity (Wildman–Crippen MR) is 114 cm³/mol. The van der Waals surface area contributed by atoms with Crippen molar-refractivity contribution >= 4 is 11.7 Å². The molecule has 3 heterocycles. The number of rotatable bonds is 7. The number of H-pyrrole nitrogens is 1. The standard InChI is InChI=1S/C23H30N4O3/c1-3-29-20-13-18-12-17(2)30-21(18)14-19(20)15-25-23(28)16-26-8-10-27(11-9-26)22-6-4-5-7-24-22/h4-7,13-14,17H,3,8-12,15-16H2,1-2H3,(H,25,28)/p+2/t17-/m0/s1. The lowest BCUT2D eigenvalue weighted by Crippen LogP contribution is -3.16. The van der Waals surface area contributed by atoms with Gasteiger partial charge in [-0.15, -0.1) is 0 Å². The number of piperazine rings is 1. The SMILES string of the molecule is CCOc1cc2c(cc1CNC(=O)C[NH+]1CCN(c3cccc[nH+]3)CC1)O[C@@H](C)C2. The van der Waals surface area contributed by atoms with Gasteiger partial charge in [-0.25, -0.2) is 4.98 Å². The van der Waals surface area contributed by atoms with E-state index < -0.39 is 0 Å². The molecule has 2 aromatic rings. The first-order chi connectivity index (χ1) is 14.6. The van der Waals surface area contributed by atoms with Crippen molar-refractivity contribution in [2.45, 2.75) is 32.9 Å². The average Bonchev–Trinajstić information content (AvgIpc) is 3.12. The van der Waals surface area contributed by atoms with Gasteiger partial charge in [-0.05, 0) is 32.0 Å². The van der Waals surface area contributed by atoms with E-state index in [4.69, 9.17) is 9.47 Å². The number of amides is 1. The molecule has 1 aromatic heterocycles. The van der Waals surface area contributed by atoms with Crippen molar-refractivity contribution in [3.8, 4) is 11.5 Å². The van der Waals surface area contributed by atoms with Crippen molar-refractivity contribution in [2.75, 3.05) is 44.2 Å². The minimum atomic E-state index is 0.0713. The number of quaternary nitrogens is 1. The molecule has 0 radical (unpaired) electrons. The summed E-state index contributed by atoms with van der Waals surface area (Å²) in [5.74, 6) is 2.96. The van der Waals surface area contributed by atoms with E-state index in [1.807, 2.05) is 31.3 Å². The van der Waals surface area contributed by atoms with E-state index in [1.54, 1.807) is 0 Å². The van der Waals surface area contributed by atoms with Crippen molar-refractivity contribution in [1.29, 1.82) is 0 Å². The third-order valence-electron chi connectivity index (χ3n) is 5.77. The van der Waals surface area contributed by atoms with Crippen LogP contribution in [0.3, 0.4) is 0 Å². The van der Waals surface area contributed by atoms with E-state index in [-0.39, 0.29) is 12.0 Å². The van der Waals surface area contributed by atoms with E-state index in [0.717, 1.165) is 55.5 Å². The number of carbonyl (C=O) groups excluding carboxylic acids is 1. The van der Waals surface area contributed by atoms with Crippen LogP contribution < -0.4 is 29.6 Å². The van der Waals surface area contributed by atoms with Crippen LogP contribution in [0.1, 0.15) is 25.0 Å². The molecule has 1 aromatic carbocycles. The summed E-state index contributed by atoms with van der Waals surface area (Å²) in [4.78, 5) is 19.5. The van der Waals surface area contributed by atoms with Gasteiger partial charge >= 0.3 is 0 Å². The number of aromatic nitrogens is 1. The Morgan fingerprint density at radius 1 is 1.33 bits per heavy atom. The number of ether oxygens (including phenoxy) is 2. The molecule has 4 rings (SSSR count). The zero-order valence-electron chi connectivity index (χ0n) is 17.9. The number of nitrogens with one attached hydrogen (secondary N) is 3. The van der Waals surface area contributed by atoms with Crippen molar-refractivity contribution in [3.63, 3.8) is 0 Å². The molecular weight excluding hydrogens is 380 g/mol. The number of aromatic amines is 1. The molecule has 1 fully saturated rings. The predicted octanol–water partition coefficient (Wildman–Crippen LogP) is 0.244. The van der Waals surface area contributed by atoms with Gasteiger partial charge in [0, 0.05) is 30.2 Å². The molecule has 30 heavy (non-hydrogen) atoms. The number of benzene rings is 1. The second-order valence-electron chi connectivity index (χ2n) is 8.07. The fourth-order valence-corrected chi connectivity index (χ4v) is 4.21. The summed E-state index contributed by atoms with van der Waals surface area (Å²) >= 11 is 0. The molecule has 2 aliphatic heterocycles. The van der Waals surface area contributed by atoms with Crippen molar-refractivity contribution in [1.82, 2.24) is 5.32 Å². The lowest BCUT2D eigenvalue weighted by Gasteiger charge is -2.27. The van der Waals surface area contributed by atoms with Gasteiger partial charge in [0.25, 0.3) is 11.7 Å². The number of fused-ring (bicyclic) bond motifs is 1. The van der Waals surface area contributed by atoms with Gasteiger partial charge in [-0.1, -0.05) is 6.07 Å².